The van der Waals surface area contributed by atoms with Crippen molar-refractivity contribution in [3.63, 3.8) is 0 Å². The standard InChI is InChI=1S/C24H33N3O2/c1-19-9-10-23(29-3)21(15-19)17-26(2)18-24(28)25-22-11-13-27(14-12-22)16-20-7-5-4-6-8-20/h4-10,15,22H,11-14,16-18H2,1-3H3,(H,25,28). The summed E-state index contributed by atoms with van der Waals surface area (Å²) in [4.78, 5) is 17.0. The normalized spacial score (nSPS) is 15.4. The molecule has 2 aromatic rings. The molecule has 3 rings (SSSR count). The van der Waals surface area contributed by atoms with E-state index in [4.69, 9.17) is 4.74 Å². The number of aryl methyl sites for hydroxylation is 1. The molecule has 2 aromatic carbocycles. The molecule has 0 saturated carbocycles. The van der Waals surface area contributed by atoms with Crippen LogP contribution in [-0.2, 0) is 17.9 Å². The largest absolute Gasteiger partial charge is 0.496 e. The quantitative estimate of drug-likeness (QED) is 0.745. The Balaban J connectivity index is 1.41. The summed E-state index contributed by atoms with van der Waals surface area (Å²) in [6.07, 6.45) is 2.02. The maximum Gasteiger partial charge on any atom is 0.234 e. The zero-order valence-electron chi connectivity index (χ0n) is 17.9. The number of ether oxygens (including phenoxy) is 1. The van der Waals surface area contributed by atoms with Gasteiger partial charge in [-0.2, -0.15) is 0 Å². The fraction of sp³-hybridized carbons (Fsp3) is 0.458. The van der Waals surface area contributed by atoms with E-state index in [-0.39, 0.29) is 11.9 Å². The molecule has 1 fully saturated rings. The molecule has 1 saturated heterocycles. The molecule has 0 bridgehead atoms. The van der Waals surface area contributed by atoms with Crippen molar-refractivity contribution >= 4 is 5.91 Å². The highest BCUT2D eigenvalue weighted by Gasteiger charge is 2.21. The molecule has 0 unspecified atom stereocenters. The Hall–Kier alpha value is -2.37. The van der Waals surface area contributed by atoms with Crippen LogP contribution in [0.5, 0.6) is 5.75 Å². The first-order chi connectivity index (χ1) is 14.0. The van der Waals surface area contributed by atoms with Gasteiger partial charge >= 0.3 is 0 Å². The first-order valence-electron chi connectivity index (χ1n) is 10.4. The third-order valence-corrected chi connectivity index (χ3v) is 5.49. The molecule has 1 aliphatic rings. The lowest BCUT2D eigenvalue weighted by atomic mass is 10.0. The zero-order valence-corrected chi connectivity index (χ0v) is 17.9. The first kappa shape index (κ1) is 21.3. The first-order valence-corrected chi connectivity index (χ1v) is 10.4. The molecule has 0 radical (unpaired) electrons. The average Bonchev–Trinajstić information content (AvgIpc) is 2.70. The molecule has 5 nitrogen and oxygen atoms in total. The van der Waals surface area contributed by atoms with E-state index in [0.29, 0.717) is 13.1 Å². The molecule has 0 spiro atoms. The summed E-state index contributed by atoms with van der Waals surface area (Å²) in [5, 5.41) is 3.22. The van der Waals surface area contributed by atoms with Crippen molar-refractivity contribution in [2.75, 3.05) is 33.8 Å². The summed E-state index contributed by atoms with van der Waals surface area (Å²) in [6.45, 7) is 6.18. The Bertz CT molecular complexity index is 786. The Morgan fingerprint density at radius 3 is 2.59 bits per heavy atom. The van der Waals surface area contributed by atoms with Crippen LogP contribution >= 0.6 is 0 Å². The summed E-state index contributed by atoms with van der Waals surface area (Å²) in [5.41, 5.74) is 3.65. The van der Waals surface area contributed by atoms with Crippen LogP contribution in [0.3, 0.4) is 0 Å². The second kappa shape index (κ2) is 10.4. The molecule has 1 heterocycles. The number of methoxy groups -OCH3 is 1. The molecule has 5 heteroatoms. The minimum absolute atomic E-state index is 0.0978. The Morgan fingerprint density at radius 1 is 1.17 bits per heavy atom. The number of likely N-dealkylation sites (tertiary alicyclic amines) is 1. The molecule has 29 heavy (non-hydrogen) atoms. The van der Waals surface area contributed by atoms with Gasteiger partial charge in [-0.05, 0) is 38.4 Å². The van der Waals surface area contributed by atoms with Crippen molar-refractivity contribution in [1.29, 1.82) is 0 Å². The highest BCUT2D eigenvalue weighted by atomic mass is 16.5. The van der Waals surface area contributed by atoms with Gasteiger partial charge < -0.3 is 10.1 Å². The van der Waals surface area contributed by atoms with Crippen molar-refractivity contribution in [3.8, 4) is 5.75 Å². The van der Waals surface area contributed by atoms with Crippen molar-refractivity contribution in [2.45, 2.75) is 38.9 Å². The van der Waals surface area contributed by atoms with Gasteiger partial charge in [0.15, 0.2) is 0 Å². The van der Waals surface area contributed by atoms with E-state index in [1.165, 1.54) is 11.1 Å². The molecule has 0 aromatic heterocycles. The summed E-state index contributed by atoms with van der Waals surface area (Å²) in [7, 11) is 3.66. The van der Waals surface area contributed by atoms with Crippen LogP contribution < -0.4 is 10.1 Å². The van der Waals surface area contributed by atoms with E-state index in [1.807, 2.05) is 24.1 Å². The van der Waals surface area contributed by atoms with Gasteiger partial charge in [-0.1, -0.05) is 48.0 Å². The summed E-state index contributed by atoms with van der Waals surface area (Å²) < 4.78 is 5.45. The number of nitrogens with zero attached hydrogens (tertiary/aromatic N) is 2. The van der Waals surface area contributed by atoms with E-state index in [2.05, 4.69) is 53.5 Å². The number of rotatable bonds is 8. The molecule has 0 aliphatic carbocycles. The van der Waals surface area contributed by atoms with Crippen LogP contribution in [0, 0.1) is 6.92 Å². The van der Waals surface area contributed by atoms with E-state index in [1.54, 1.807) is 7.11 Å². The van der Waals surface area contributed by atoms with E-state index in [0.717, 1.165) is 43.8 Å². The van der Waals surface area contributed by atoms with E-state index >= 15 is 0 Å². The van der Waals surface area contributed by atoms with Gasteiger partial charge in [0.1, 0.15) is 5.75 Å². The van der Waals surface area contributed by atoms with Crippen molar-refractivity contribution in [3.05, 3.63) is 65.2 Å². The van der Waals surface area contributed by atoms with Gasteiger partial charge in [0.05, 0.1) is 13.7 Å². The van der Waals surface area contributed by atoms with Gasteiger partial charge in [-0.25, -0.2) is 0 Å². The van der Waals surface area contributed by atoms with E-state index in [9.17, 15) is 4.79 Å². The third-order valence-electron chi connectivity index (χ3n) is 5.49. The smallest absolute Gasteiger partial charge is 0.234 e. The molecule has 1 amide bonds. The lowest BCUT2D eigenvalue weighted by Gasteiger charge is -2.32. The van der Waals surface area contributed by atoms with Crippen LogP contribution in [-0.4, -0.2) is 55.5 Å². The van der Waals surface area contributed by atoms with Crippen molar-refractivity contribution < 1.29 is 9.53 Å². The molecule has 1 aliphatic heterocycles. The number of amides is 1. The monoisotopic (exact) mass is 395 g/mol. The number of carbonyl (C=O) groups excluding carboxylic acids is 1. The number of likely N-dealkylation sites (N-methyl/N-ethyl adjacent to an activating group) is 1. The molecule has 0 atom stereocenters. The maximum absolute atomic E-state index is 12.5. The third kappa shape index (κ3) is 6.58. The van der Waals surface area contributed by atoms with Gasteiger partial charge in [-0.15, -0.1) is 0 Å². The van der Waals surface area contributed by atoms with Crippen molar-refractivity contribution in [2.24, 2.45) is 0 Å². The second-order valence-electron chi connectivity index (χ2n) is 8.09. The summed E-state index contributed by atoms with van der Waals surface area (Å²) >= 11 is 0. The Kier molecular flexibility index (Phi) is 7.67. The number of benzene rings is 2. The second-order valence-corrected chi connectivity index (χ2v) is 8.09. The predicted molar refractivity (Wildman–Crippen MR) is 117 cm³/mol. The topological polar surface area (TPSA) is 44.8 Å². The van der Waals surface area contributed by atoms with Crippen LogP contribution in [0.1, 0.15) is 29.5 Å². The summed E-state index contributed by atoms with van der Waals surface area (Å²) in [5.74, 6) is 0.967. The molecular formula is C24H33N3O2. The van der Waals surface area contributed by atoms with Gasteiger partial charge in [0.2, 0.25) is 5.91 Å². The van der Waals surface area contributed by atoms with Crippen LogP contribution in [0.2, 0.25) is 0 Å². The number of hydrogen-bond acceptors (Lipinski definition) is 4. The highest BCUT2D eigenvalue weighted by molar-refractivity contribution is 5.78. The van der Waals surface area contributed by atoms with Gasteiger partial charge in [0.25, 0.3) is 0 Å². The minimum atomic E-state index is 0.0978. The van der Waals surface area contributed by atoms with Gasteiger partial charge in [0, 0.05) is 37.8 Å². The molecule has 1 N–H and O–H groups in total. The minimum Gasteiger partial charge on any atom is -0.496 e. The number of carbonyl (C=O) groups is 1. The van der Waals surface area contributed by atoms with Crippen LogP contribution in [0.25, 0.3) is 0 Å². The Labute approximate surface area is 174 Å². The fourth-order valence-corrected chi connectivity index (χ4v) is 3.97. The van der Waals surface area contributed by atoms with E-state index < -0.39 is 0 Å². The Morgan fingerprint density at radius 2 is 1.90 bits per heavy atom. The summed E-state index contributed by atoms with van der Waals surface area (Å²) in [6, 6.07) is 17.0. The lowest BCUT2D eigenvalue weighted by Crippen LogP contribution is -2.46. The fourth-order valence-electron chi connectivity index (χ4n) is 3.97. The lowest BCUT2D eigenvalue weighted by molar-refractivity contribution is -0.123. The SMILES string of the molecule is COc1ccc(C)cc1CN(C)CC(=O)NC1CCN(Cc2ccccc2)CC1. The predicted octanol–water partition coefficient (Wildman–Crippen LogP) is 3.22. The molecule has 156 valence electrons. The van der Waals surface area contributed by atoms with Crippen LogP contribution in [0.15, 0.2) is 48.5 Å². The number of piperidine rings is 1. The van der Waals surface area contributed by atoms with Crippen LogP contribution in [0.4, 0.5) is 0 Å². The number of hydrogen-bond donors (Lipinski definition) is 1. The van der Waals surface area contributed by atoms with Gasteiger partial charge in [-0.3, -0.25) is 14.6 Å². The zero-order chi connectivity index (χ0) is 20.6. The van der Waals surface area contributed by atoms with Crippen molar-refractivity contribution in [1.82, 2.24) is 15.1 Å². The average molecular weight is 396 g/mol. The maximum atomic E-state index is 12.5. The highest BCUT2D eigenvalue weighted by Crippen LogP contribution is 2.21. The molecular weight excluding hydrogens is 362 g/mol. The number of nitrogens with one attached hydrogen (secondary N) is 1.